The number of hydrogen-bond donors (Lipinski definition) is 9. The van der Waals surface area contributed by atoms with Gasteiger partial charge in [0.15, 0.2) is 0 Å². The van der Waals surface area contributed by atoms with E-state index in [0.29, 0.717) is 0 Å². The molecule has 0 atom stereocenters. The van der Waals surface area contributed by atoms with Gasteiger partial charge in [-0.2, -0.15) is 0 Å². The molecule has 0 unspecified atom stereocenters. The summed E-state index contributed by atoms with van der Waals surface area (Å²) in [6.07, 6.45) is 15.4. The van der Waals surface area contributed by atoms with Gasteiger partial charge in [-0.05, 0) is 273 Å². The molecular formula is C42H101N15. The van der Waals surface area contributed by atoms with Crippen LogP contribution in [0.5, 0.6) is 0 Å². The maximum absolute atomic E-state index is 5.85. The maximum Gasteiger partial charge on any atom is -0.000653 e. The number of nitrogens with two attached hydrogens (primary N) is 8. The summed E-state index contributed by atoms with van der Waals surface area (Å²) in [6, 6.07) is 0. The topological polar surface area (TPSA) is 240 Å². The van der Waals surface area contributed by atoms with Gasteiger partial charge in [-0.3, -0.25) is 0 Å². The molecule has 0 fully saturated rings. The first-order valence-corrected chi connectivity index (χ1v) is 23.7. The standard InChI is InChI=1S/C42H101N15/c43-15-1-25-52(26-2-16-44)35-11-39-56(40-12-36-53(27-3-17-45)28-4-18-46)33-9-23-51-24-10-34-57(41-13-37-54(29-5-19-47)30-6-20-48)42-14-38-55(31-7-21-49)32-8-22-50/h51H,1-50H2. The molecule has 0 aliphatic carbocycles. The van der Waals surface area contributed by atoms with Crippen LogP contribution in [0.3, 0.4) is 0 Å². The minimum atomic E-state index is 0.745. The average Bonchev–Trinajstić information content (AvgIpc) is 3.22. The molecule has 0 heterocycles. The number of nitrogens with zero attached hydrogens (tertiary/aromatic N) is 6. The van der Waals surface area contributed by atoms with E-state index in [-0.39, 0.29) is 0 Å². The largest absolute Gasteiger partial charge is 0.330 e. The highest BCUT2D eigenvalue weighted by molar-refractivity contribution is 4.69. The normalized spacial score (nSPS) is 12.3. The van der Waals surface area contributed by atoms with E-state index in [1.54, 1.807) is 0 Å². The van der Waals surface area contributed by atoms with E-state index in [1.165, 1.54) is 38.5 Å². The molecule has 0 aromatic carbocycles. The summed E-state index contributed by atoms with van der Waals surface area (Å²) in [5, 5.41) is 3.80. The lowest BCUT2D eigenvalue weighted by Crippen LogP contribution is -2.36. The average molecular weight is 816 g/mol. The highest BCUT2D eigenvalue weighted by atomic mass is 15.2. The van der Waals surface area contributed by atoms with Gasteiger partial charge in [0.25, 0.3) is 0 Å². The minimum absolute atomic E-state index is 0.745. The molecule has 0 aromatic heterocycles. The fourth-order valence-electron chi connectivity index (χ4n) is 7.58. The Morgan fingerprint density at radius 1 is 0.193 bits per heavy atom. The van der Waals surface area contributed by atoms with Crippen LogP contribution in [0.25, 0.3) is 0 Å². The van der Waals surface area contributed by atoms with E-state index in [0.717, 1.165) is 235 Å². The Bertz CT molecular complexity index is 627. The van der Waals surface area contributed by atoms with Crippen molar-refractivity contribution in [3.8, 4) is 0 Å². The lowest BCUT2D eigenvalue weighted by atomic mass is 10.2. The number of nitrogens with one attached hydrogen (secondary N) is 1. The first-order chi connectivity index (χ1) is 28.0. The van der Waals surface area contributed by atoms with Crippen LogP contribution in [0.4, 0.5) is 0 Å². The molecule has 15 heteroatoms. The van der Waals surface area contributed by atoms with Crippen LogP contribution in [-0.4, -0.2) is 213 Å². The van der Waals surface area contributed by atoms with Crippen LogP contribution < -0.4 is 51.2 Å². The molecule has 15 nitrogen and oxygen atoms in total. The zero-order chi connectivity index (χ0) is 41.9. The zero-order valence-electron chi connectivity index (χ0n) is 37.5. The molecule has 0 bridgehead atoms. The van der Waals surface area contributed by atoms with Gasteiger partial charge in [0.05, 0.1) is 0 Å². The maximum atomic E-state index is 5.85. The molecule has 0 saturated carbocycles. The van der Waals surface area contributed by atoms with Gasteiger partial charge in [0, 0.05) is 0 Å². The quantitative estimate of drug-likeness (QED) is 0.0353. The monoisotopic (exact) mass is 816 g/mol. The molecule has 0 radical (unpaired) electrons. The van der Waals surface area contributed by atoms with Crippen LogP contribution in [0.1, 0.15) is 89.9 Å². The van der Waals surface area contributed by atoms with Gasteiger partial charge < -0.3 is 80.6 Å². The van der Waals surface area contributed by atoms with E-state index < -0.39 is 0 Å². The van der Waals surface area contributed by atoms with Crippen molar-refractivity contribution in [3.05, 3.63) is 0 Å². The molecule has 0 saturated heterocycles. The van der Waals surface area contributed by atoms with E-state index in [9.17, 15) is 0 Å². The van der Waals surface area contributed by atoms with Crippen LogP contribution >= 0.6 is 0 Å². The van der Waals surface area contributed by atoms with Crippen LogP contribution in [0.15, 0.2) is 0 Å². The summed E-state index contributed by atoms with van der Waals surface area (Å²) < 4.78 is 0. The highest BCUT2D eigenvalue weighted by Gasteiger charge is 2.12. The second-order valence-electron chi connectivity index (χ2n) is 16.1. The molecule has 0 amide bonds. The predicted octanol–water partition coefficient (Wildman–Crippen LogP) is -0.481. The van der Waals surface area contributed by atoms with Crippen LogP contribution in [-0.2, 0) is 0 Å². The molecule has 57 heavy (non-hydrogen) atoms. The lowest BCUT2D eigenvalue weighted by molar-refractivity contribution is 0.202. The van der Waals surface area contributed by atoms with Gasteiger partial charge >= 0.3 is 0 Å². The molecule has 0 spiro atoms. The molecule has 0 aliphatic rings. The Kier molecular flexibility index (Phi) is 44.5. The zero-order valence-corrected chi connectivity index (χ0v) is 37.5. The molecule has 0 aromatic rings. The van der Waals surface area contributed by atoms with E-state index in [4.69, 9.17) is 45.9 Å². The van der Waals surface area contributed by atoms with Crippen molar-refractivity contribution in [2.75, 3.05) is 183 Å². The fourth-order valence-corrected chi connectivity index (χ4v) is 7.58. The van der Waals surface area contributed by atoms with Gasteiger partial charge in [-0.25, -0.2) is 0 Å². The molecule has 0 aliphatic heterocycles. The second-order valence-corrected chi connectivity index (χ2v) is 16.1. The summed E-state index contributed by atoms with van der Waals surface area (Å²) >= 11 is 0. The molecule has 17 N–H and O–H groups in total. The Morgan fingerprint density at radius 3 is 0.491 bits per heavy atom. The number of hydrogen-bond acceptors (Lipinski definition) is 15. The van der Waals surface area contributed by atoms with Gasteiger partial charge in [0.2, 0.25) is 0 Å². The molecular weight excluding hydrogens is 715 g/mol. The van der Waals surface area contributed by atoms with Crippen molar-refractivity contribution in [2.24, 2.45) is 45.9 Å². The minimum Gasteiger partial charge on any atom is -0.330 e. The summed E-state index contributed by atoms with van der Waals surface area (Å²) in [5.41, 5.74) is 46.8. The third kappa shape index (κ3) is 36.9. The highest BCUT2D eigenvalue weighted by Crippen LogP contribution is 2.05. The summed E-state index contributed by atoms with van der Waals surface area (Å²) in [5.74, 6) is 0. The first-order valence-electron chi connectivity index (χ1n) is 23.7. The Labute approximate surface area is 353 Å². The summed E-state index contributed by atoms with van der Waals surface area (Å²) in [7, 11) is 0. The fraction of sp³-hybridized carbons (Fsp3) is 1.00. The van der Waals surface area contributed by atoms with E-state index in [2.05, 4.69) is 34.7 Å². The third-order valence-electron chi connectivity index (χ3n) is 10.9. The van der Waals surface area contributed by atoms with Gasteiger partial charge in [0.1, 0.15) is 0 Å². The SMILES string of the molecule is NCCCN(CCCN)CCCN(CCCNCCCN(CCCN(CCCN)CCCN)CCCN(CCCN)CCCN)CCCN(CCCN)CCCN. The Hall–Kier alpha value is -0.600. The van der Waals surface area contributed by atoms with Crippen molar-refractivity contribution in [3.63, 3.8) is 0 Å². The molecule has 0 rings (SSSR count). The van der Waals surface area contributed by atoms with Crippen LogP contribution in [0, 0.1) is 0 Å². The van der Waals surface area contributed by atoms with E-state index in [1.807, 2.05) is 0 Å². The lowest BCUT2D eigenvalue weighted by Gasteiger charge is -2.28. The van der Waals surface area contributed by atoms with Crippen molar-refractivity contribution in [1.82, 2.24) is 34.7 Å². The van der Waals surface area contributed by atoms with Gasteiger partial charge in [-0.1, -0.05) is 0 Å². The van der Waals surface area contributed by atoms with Crippen molar-refractivity contribution < 1.29 is 0 Å². The third-order valence-corrected chi connectivity index (χ3v) is 10.9. The first kappa shape index (κ1) is 56.4. The second kappa shape index (κ2) is 44.9. The van der Waals surface area contributed by atoms with Crippen molar-refractivity contribution >= 4 is 0 Å². The number of rotatable bonds is 48. The summed E-state index contributed by atoms with van der Waals surface area (Å²) in [4.78, 5) is 15.6. The molecule has 344 valence electrons. The van der Waals surface area contributed by atoms with Crippen molar-refractivity contribution in [2.45, 2.75) is 89.9 Å². The predicted molar refractivity (Wildman–Crippen MR) is 249 cm³/mol. The van der Waals surface area contributed by atoms with Gasteiger partial charge in [-0.15, -0.1) is 0 Å². The van der Waals surface area contributed by atoms with Crippen molar-refractivity contribution in [1.29, 1.82) is 0 Å². The van der Waals surface area contributed by atoms with E-state index >= 15 is 0 Å². The Morgan fingerprint density at radius 2 is 0.333 bits per heavy atom. The van der Waals surface area contributed by atoms with Crippen LogP contribution in [0.2, 0.25) is 0 Å². The summed E-state index contributed by atoms with van der Waals surface area (Å²) in [6.45, 7) is 27.9. The smallest absolute Gasteiger partial charge is 0.000653 e. The Balaban J connectivity index is 5.12.